The average molecular weight is 347 g/mol. The molecule has 2 fully saturated rings. The molecular weight excluding hydrogens is 318 g/mol. The first kappa shape index (κ1) is 19.7. The van der Waals surface area contributed by atoms with Crippen molar-refractivity contribution in [3.05, 3.63) is 0 Å². The summed E-state index contributed by atoms with van der Waals surface area (Å²) < 4.78 is 11.0. The lowest BCUT2D eigenvalue weighted by molar-refractivity contribution is -0.314. The van der Waals surface area contributed by atoms with Crippen LogP contribution in [0.1, 0.15) is 40.5 Å². The lowest BCUT2D eigenvalue weighted by Crippen LogP contribution is -2.63. The van der Waals surface area contributed by atoms with Crippen LogP contribution in [-0.4, -0.2) is 86.2 Å². The van der Waals surface area contributed by atoms with Crippen molar-refractivity contribution in [3.63, 3.8) is 0 Å². The van der Waals surface area contributed by atoms with E-state index in [9.17, 15) is 25.2 Å². The van der Waals surface area contributed by atoms with Crippen molar-refractivity contribution in [2.75, 3.05) is 13.3 Å². The van der Waals surface area contributed by atoms with Gasteiger partial charge in [0.15, 0.2) is 6.29 Å². The summed E-state index contributed by atoms with van der Waals surface area (Å²) in [5.74, 6) is 0.189. The second-order valence-electron chi connectivity index (χ2n) is 7.94. The lowest BCUT2D eigenvalue weighted by atomic mass is 9.79. The number of carbonyl (C=O) groups excluding carboxylic acids is 1. The Kier molecular flexibility index (Phi) is 5.71. The van der Waals surface area contributed by atoms with Gasteiger partial charge in [0.2, 0.25) is 0 Å². The van der Waals surface area contributed by atoms with E-state index >= 15 is 0 Å². The summed E-state index contributed by atoms with van der Waals surface area (Å²) in [7, 11) is 0. The maximum atomic E-state index is 11.9. The Morgan fingerprint density at radius 1 is 1.08 bits per heavy atom. The number of rotatable bonds is 4. The van der Waals surface area contributed by atoms with E-state index in [2.05, 4.69) is 0 Å². The Hall–Kier alpha value is -0.610. The molecule has 2 aliphatic heterocycles. The predicted octanol–water partition coefficient (Wildman–Crippen LogP) is -1.02. The van der Waals surface area contributed by atoms with Gasteiger partial charge in [-0.2, -0.15) is 0 Å². The van der Waals surface area contributed by atoms with Crippen LogP contribution in [0.25, 0.3) is 0 Å². The van der Waals surface area contributed by atoms with Crippen molar-refractivity contribution in [1.82, 2.24) is 4.90 Å². The summed E-state index contributed by atoms with van der Waals surface area (Å²) in [6.07, 6.45) is -5.69. The topological polar surface area (TPSA) is 120 Å². The van der Waals surface area contributed by atoms with Gasteiger partial charge in [-0.05, 0) is 27.7 Å². The zero-order valence-electron chi connectivity index (χ0n) is 14.7. The van der Waals surface area contributed by atoms with E-state index < -0.39 is 48.4 Å². The van der Waals surface area contributed by atoms with E-state index in [1.165, 1.54) is 0 Å². The first-order valence-electron chi connectivity index (χ1n) is 8.21. The molecule has 0 unspecified atom stereocenters. The number of piperidine rings is 1. The van der Waals surface area contributed by atoms with Crippen LogP contribution in [0.5, 0.6) is 0 Å². The molecule has 0 aromatic heterocycles. The van der Waals surface area contributed by atoms with Gasteiger partial charge in [0.1, 0.15) is 36.9 Å². The zero-order valence-corrected chi connectivity index (χ0v) is 14.7. The van der Waals surface area contributed by atoms with Gasteiger partial charge in [0.05, 0.1) is 6.61 Å². The fourth-order valence-electron chi connectivity index (χ4n) is 3.74. The highest BCUT2D eigenvalue weighted by Gasteiger charge is 2.47. The Morgan fingerprint density at radius 2 is 1.62 bits per heavy atom. The number of likely N-dealkylation sites (tertiary alicyclic amines) is 1. The van der Waals surface area contributed by atoms with Crippen LogP contribution in [0.3, 0.4) is 0 Å². The largest absolute Gasteiger partial charge is 0.394 e. The first-order valence-corrected chi connectivity index (χ1v) is 8.21. The number of ketones is 1. The molecule has 0 aliphatic carbocycles. The molecule has 8 heteroatoms. The normalized spacial score (nSPS) is 39.8. The molecule has 0 amide bonds. The van der Waals surface area contributed by atoms with Gasteiger partial charge in [-0.3, -0.25) is 9.69 Å². The highest BCUT2D eigenvalue weighted by atomic mass is 16.7. The third-order valence-electron chi connectivity index (χ3n) is 4.94. The van der Waals surface area contributed by atoms with Crippen LogP contribution in [-0.2, 0) is 14.3 Å². The van der Waals surface area contributed by atoms with E-state index in [0.717, 1.165) is 0 Å². The van der Waals surface area contributed by atoms with Crippen molar-refractivity contribution in [3.8, 4) is 0 Å². The molecular formula is C16H29NO7. The second-order valence-corrected chi connectivity index (χ2v) is 7.94. The van der Waals surface area contributed by atoms with Crippen molar-refractivity contribution >= 4 is 5.78 Å². The van der Waals surface area contributed by atoms with Crippen molar-refractivity contribution in [1.29, 1.82) is 0 Å². The first-order chi connectivity index (χ1) is 11.0. The molecule has 2 heterocycles. The van der Waals surface area contributed by atoms with E-state index in [1.807, 2.05) is 32.6 Å². The summed E-state index contributed by atoms with van der Waals surface area (Å²) in [5, 5.41) is 38.9. The minimum Gasteiger partial charge on any atom is -0.394 e. The minimum absolute atomic E-state index is 0.0793. The standard InChI is InChI=1S/C16H29NO7/c1-15(2)5-9(19)6-16(3,4)17(15)8-23-14-13(22)12(21)11(20)10(7-18)24-14/h10-14,18,20-22H,5-8H2,1-4H3/t10-,11-,12+,13-,14-/m1/s1. The average Bonchev–Trinajstić information content (AvgIpc) is 2.44. The molecule has 2 rings (SSSR count). The Balaban J connectivity index is 2.07. The molecule has 0 saturated carbocycles. The molecule has 5 atom stereocenters. The van der Waals surface area contributed by atoms with Crippen LogP contribution in [0, 0.1) is 0 Å². The molecule has 0 aromatic rings. The highest BCUT2D eigenvalue weighted by Crippen LogP contribution is 2.36. The Bertz CT molecular complexity index is 445. The maximum absolute atomic E-state index is 11.9. The number of aliphatic hydroxyl groups is 4. The highest BCUT2D eigenvalue weighted by molar-refractivity contribution is 5.81. The van der Waals surface area contributed by atoms with E-state index in [-0.39, 0.29) is 12.5 Å². The molecule has 2 saturated heterocycles. The number of Topliss-reactive ketones (excluding diaryl/α,β-unsaturated/α-hetero) is 1. The van der Waals surface area contributed by atoms with Crippen LogP contribution in [0.4, 0.5) is 0 Å². The molecule has 2 aliphatic rings. The van der Waals surface area contributed by atoms with Gasteiger partial charge < -0.3 is 29.9 Å². The van der Waals surface area contributed by atoms with Crippen LogP contribution in [0.2, 0.25) is 0 Å². The van der Waals surface area contributed by atoms with Gasteiger partial charge >= 0.3 is 0 Å². The minimum atomic E-state index is -1.47. The molecule has 0 bridgehead atoms. The molecule has 8 nitrogen and oxygen atoms in total. The van der Waals surface area contributed by atoms with Crippen molar-refractivity contribution < 1.29 is 34.7 Å². The van der Waals surface area contributed by atoms with E-state index in [1.54, 1.807) is 0 Å². The molecule has 140 valence electrons. The maximum Gasteiger partial charge on any atom is 0.188 e. The van der Waals surface area contributed by atoms with E-state index in [0.29, 0.717) is 12.8 Å². The predicted molar refractivity (Wildman–Crippen MR) is 84.0 cm³/mol. The van der Waals surface area contributed by atoms with Gasteiger partial charge in [-0.25, -0.2) is 0 Å². The summed E-state index contributed by atoms with van der Waals surface area (Å²) in [5.41, 5.74) is -0.847. The number of hydrogen-bond donors (Lipinski definition) is 4. The third-order valence-corrected chi connectivity index (χ3v) is 4.94. The molecule has 4 N–H and O–H groups in total. The number of ether oxygens (including phenoxy) is 2. The molecule has 0 radical (unpaired) electrons. The van der Waals surface area contributed by atoms with Crippen LogP contribution >= 0.6 is 0 Å². The smallest absolute Gasteiger partial charge is 0.188 e. The van der Waals surface area contributed by atoms with Gasteiger partial charge in [-0.1, -0.05) is 0 Å². The quantitative estimate of drug-likeness (QED) is 0.510. The third kappa shape index (κ3) is 3.80. The second kappa shape index (κ2) is 6.95. The number of carbonyl (C=O) groups is 1. The number of aliphatic hydroxyl groups excluding tert-OH is 4. The summed E-state index contributed by atoms with van der Waals surface area (Å²) >= 11 is 0. The van der Waals surface area contributed by atoms with Gasteiger partial charge in [0, 0.05) is 23.9 Å². The fraction of sp³-hybridized carbons (Fsp3) is 0.938. The van der Waals surface area contributed by atoms with Gasteiger partial charge in [-0.15, -0.1) is 0 Å². The SMILES string of the molecule is CC1(C)CC(=O)CC(C)(C)N1CO[C@@H]1O[C@H](CO)[C@@H](O)[C@H](O)[C@H]1O. The van der Waals surface area contributed by atoms with Crippen molar-refractivity contribution in [2.45, 2.75) is 82.3 Å². The van der Waals surface area contributed by atoms with Crippen LogP contribution < -0.4 is 0 Å². The summed E-state index contributed by atoms with van der Waals surface area (Å²) in [4.78, 5) is 14.0. The monoisotopic (exact) mass is 347 g/mol. The Labute approximate surface area is 142 Å². The molecule has 0 spiro atoms. The lowest BCUT2D eigenvalue weighted by Gasteiger charge is -2.52. The molecule has 0 aromatic carbocycles. The van der Waals surface area contributed by atoms with Crippen LogP contribution in [0.15, 0.2) is 0 Å². The number of nitrogens with zero attached hydrogens (tertiary/aromatic N) is 1. The van der Waals surface area contributed by atoms with E-state index in [4.69, 9.17) is 9.47 Å². The number of hydrogen-bond acceptors (Lipinski definition) is 8. The van der Waals surface area contributed by atoms with Gasteiger partial charge in [0.25, 0.3) is 0 Å². The summed E-state index contributed by atoms with van der Waals surface area (Å²) in [6.45, 7) is 7.37. The Morgan fingerprint density at radius 3 is 2.12 bits per heavy atom. The van der Waals surface area contributed by atoms with Crippen molar-refractivity contribution in [2.24, 2.45) is 0 Å². The fourth-order valence-corrected chi connectivity index (χ4v) is 3.74. The molecule has 24 heavy (non-hydrogen) atoms. The zero-order chi connectivity index (χ0) is 18.3. The summed E-state index contributed by atoms with van der Waals surface area (Å²) in [6, 6.07) is 0.